The van der Waals surface area contributed by atoms with Gasteiger partial charge >= 0.3 is 0 Å². The van der Waals surface area contributed by atoms with Gasteiger partial charge in [-0.3, -0.25) is 0 Å². The van der Waals surface area contributed by atoms with Crippen LogP contribution in [0.4, 0.5) is 0 Å². The van der Waals surface area contributed by atoms with Gasteiger partial charge < -0.3 is 14.4 Å². The fourth-order valence-electron chi connectivity index (χ4n) is 3.50. The first-order valence-corrected chi connectivity index (χ1v) is 10.3. The van der Waals surface area contributed by atoms with E-state index in [0.717, 1.165) is 37.9 Å². The third-order valence-electron chi connectivity index (χ3n) is 4.85. The third kappa shape index (κ3) is 3.64. The van der Waals surface area contributed by atoms with Gasteiger partial charge in [-0.2, -0.15) is 0 Å². The molecule has 0 fully saturated rings. The predicted octanol–water partition coefficient (Wildman–Crippen LogP) is 5.52. The summed E-state index contributed by atoms with van der Waals surface area (Å²) in [6.07, 6.45) is -0.645. The number of ether oxygens (including phenoxy) is 1. The van der Waals surface area contributed by atoms with Gasteiger partial charge in [-0.15, -0.1) is 0 Å². The molecule has 0 unspecified atom stereocenters. The number of aromatic nitrogens is 2. The average Bonchev–Trinajstić information content (AvgIpc) is 3.06. The first-order valence-electron chi connectivity index (χ1n) is 9.48. The Morgan fingerprint density at radius 1 is 1.04 bits per heavy atom. The van der Waals surface area contributed by atoms with E-state index in [1.54, 1.807) is 0 Å². The van der Waals surface area contributed by atoms with Crippen LogP contribution in [0.25, 0.3) is 21.8 Å². The topological polar surface area (TPSA) is 47.3 Å². The molecule has 0 saturated carbocycles. The molecule has 0 aliphatic carbocycles. The molecule has 5 heteroatoms. The van der Waals surface area contributed by atoms with E-state index in [1.807, 2.05) is 48.5 Å². The molecule has 1 N–H and O–H groups in total. The molecule has 4 aromatic rings. The lowest BCUT2D eigenvalue weighted by atomic mass is 10.1. The molecule has 1 atom stereocenters. The molecular formula is C23H23BrN2O2. The molecule has 3 aromatic carbocycles. The Morgan fingerprint density at radius 3 is 2.61 bits per heavy atom. The number of rotatable bonds is 6. The first kappa shape index (κ1) is 19.0. The molecule has 0 radical (unpaired) electrons. The van der Waals surface area contributed by atoms with Crippen molar-refractivity contribution < 1.29 is 9.84 Å². The molecular weight excluding hydrogens is 416 g/mol. The molecule has 4 nitrogen and oxygen atoms in total. The van der Waals surface area contributed by atoms with E-state index >= 15 is 0 Å². The summed E-state index contributed by atoms with van der Waals surface area (Å²) in [4.78, 5) is 4.74. The van der Waals surface area contributed by atoms with Crippen LogP contribution in [0.5, 0.6) is 5.75 Å². The summed E-state index contributed by atoms with van der Waals surface area (Å²) in [6.45, 7) is 4.89. The van der Waals surface area contributed by atoms with Crippen LogP contribution in [0, 0.1) is 0 Å². The van der Waals surface area contributed by atoms with Gasteiger partial charge in [0.1, 0.15) is 24.3 Å². The Kier molecular flexibility index (Phi) is 5.38. The quantitative estimate of drug-likeness (QED) is 0.431. The molecule has 0 saturated heterocycles. The lowest BCUT2D eigenvalue weighted by molar-refractivity contribution is 0.0922. The van der Waals surface area contributed by atoms with Crippen molar-refractivity contribution in [2.45, 2.75) is 32.4 Å². The highest BCUT2D eigenvalue weighted by Crippen LogP contribution is 2.33. The van der Waals surface area contributed by atoms with Crippen LogP contribution in [0.1, 0.15) is 25.6 Å². The summed E-state index contributed by atoms with van der Waals surface area (Å²) < 4.78 is 8.95. The van der Waals surface area contributed by atoms with E-state index in [-0.39, 0.29) is 12.5 Å². The van der Waals surface area contributed by atoms with Gasteiger partial charge in [0.05, 0.1) is 22.1 Å². The molecule has 0 aliphatic heterocycles. The maximum absolute atomic E-state index is 10.7. The fraction of sp³-hybridized carbons (Fsp3) is 0.261. The zero-order valence-electron chi connectivity index (χ0n) is 16.0. The molecule has 28 heavy (non-hydrogen) atoms. The second kappa shape index (κ2) is 7.94. The highest BCUT2D eigenvalue weighted by Gasteiger charge is 2.17. The molecule has 0 aliphatic rings. The van der Waals surface area contributed by atoms with Crippen molar-refractivity contribution in [3.63, 3.8) is 0 Å². The van der Waals surface area contributed by atoms with Crippen LogP contribution in [0.3, 0.4) is 0 Å². The van der Waals surface area contributed by atoms with Gasteiger partial charge in [-0.05, 0) is 44.9 Å². The van der Waals surface area contributed by atoms with Gasteiger partial charge in [0, 0.05) is 5.92 Å². The van der Waals surface area contributed by atoms with Crippen LogP contribution >= 0.6 is 15.9 Å². The molecule has 1 aromatic heterocycles. The SMILES string of the molecule is CC(C)c1nc2ccccc2n1C[C@@H](O)COc1ccc2ccccc2c1Br. The second-order valence-electron chi connectivity index (χ2n) is 7.29. The Hall–Kier alpha value is -2.37. The highest BCUT2D eigenvalue weighted by molar-refractivity contribution is 9.10. The normalized spacial score (nSPS) is 12.8. The van der Waals surface area contributed by atoms with E-state index < -0.39 is 6.10 Å². The predicted molar refractivity (Wildman–Crippen MR) is 117 cm³/mol. The number of nitrogens with zero attached hydrogens (tertiary/aromatic N) is 2. The number of aliphatic hydroxyl groups is 1. The maximum Gasteiger partial charge on any atom is 0.134 e. The monoisotopic (exact) mass is 438 g/mol. The molecule has 4 rings (SSSR count). The second-order valence-corrected chi connectivity index (χ2v) is 8.08. The smallest absolute Gasteiger partial charge is 0.134 e. The zero-order valence-corrected chi connectivity index (χ0v) is 17.6. The van der Waals surface area contributed by atoms with E-state index in [2.05, 4.69) is 46.5 Å². The summed E-state index contributed by atoms with van der Waals surface area (Å²) in [5, 5.41) is 12.9. The number of halogens is 1. The Labute approximate surface area is 172 Å². The average molecular weight is 439 g/mol. The lowest BCUT2D eigenvalue weighted by Crippen LogP contribution is -2.25. The van der Waals surface area contributed by atoms with E-state index in [4.69, 9.17) is 9.72 Å². The van der Waals surface area contributed by atoms with E-state index in [0.29, 0.717) is 6.54 Å². The summed E-state index contributed by atoms with van der Waals surface area (Å²) in [5.41, 5.74) is 1.99. The Balaban J connectivity index is 1.53. The number of aliphatic hydroxyl groups excluding tert-OH is 1. The molecule has 0 bridgehead atoms. The van der Waals surface area contributed by atoms with Crippen molar-refractivity contribution in [1.82, 2.24) is 9.55 Å². The van der Waals surface area contributed by atoms with E-state index in [1.165, 1.54) is 0 Å². The zero-order chi connectivity index (χ0) is 19.7. The number of fused-ring (bicyclic) bond motifs is 2. The number of para-hydroxylation sites is 2. The number of imidazole rings is 1. The summed E-state index contributed by atoms with van der Waals surface area (Å²) in [6, 6.07) is 20.1. The fourth-order valence-corrected chi connectivity index (χ4v) is 4.11. The minimum atomic E-state index is -0.645. The lowest BCUT2D eigenvalue weighted by Gasteiger charge is -2.17. The van der Waals surface area contributed by atoms with Crippen molar-refractivity contribution in [2.24, 2.45) is 0 Å². The van der Waals surface area contributed by atoms with Crippen LogP contribution in [-0.4, -0.2) is 27.4 Å². The largest absolute Gasteiger partial charge is 0.490 e. The van der Waals surface area contributed by atoms with Crippen molar-refractivity contribution in [3.8, 4) is 5.75 Å². The maximum atomic E-state index is 10.7. The van der Waals surface area contributed by atoms with Crippen molar-refractivity contribution in [1.29, 1.82) is 0 Å². The number of benzene rings is 3. The van der Waals surface area contributed by atoms with Gasteiger partial charge in [0.15, 0.2) is 0 Å². The standard InChI is InChI=1S/C23H23BrN2O2/c1-15(2)23-25-19-9-5-6-10-20(19)26(23)13-17(27)14-28-21-12-11-16-7-3-4-8-18(16)22(21)24/h3-12,15,17,27H,13-14H2,1-2H3/t17-/m1/s1. The van der Waals surface area contributed by atoms with Gasteiger partial charge in [0.25, 0.3) is 0 Å². The third-order valence-corrected chi connectivity index (χ3v) is 5.67. The van der Waals surface area contributed by atoms with Crippen molar-refractivity contribution in [2.75, 3.05) is 6.61 Å². The van der Waals surface area contributed by atoms with Gasteiger partial charge in [-0.25, -0.2) is 4.98 Å². The minimum absolute atomic E-state index is 0.209. The Morgan fingerprint density at radius 2 is 1.79 bits per heavy atom. The van der Waals surface area contributed by atoms with Crippen LogP contribution in [0.15, 0.2) is 65.1 Å². The highest BCUT2D eigenvalue weighted by atomic mass is 79.9. The van der Waals surface area contributed by atoms with Crippen molar-refractivity contribution in [3.05, 3.63) is 71.0 Å². The summed E-state index contributed by atoms with van der Waals surface area (Å²) in [7, 11) is 0. The van der Waals surface area contributed by atoms with E-state index in [9.17, 15) is 5.11 Å². The van der Waals surface area contributed by atoms with Crippen LogP contribution in [-0.2, 0) is 6.54 Å². The Bertz CT molecular complexity index is 1120. The van der Waals surface area contributed by atoms with Crippen LogP contribution < -0.4 is 4.74 Å². The van der Waals surface area contributed by atoms with Gasteiger partial charge in [0.2, 0.25) is 0 Å². The number of hydrogen-bond acceptors (Lipinski definition) is 3. The molecule has 144 valence electrons. The molecule has 0 amide bonds. The summed E-state index contributed by atoms with van der Waals surface area (Å²) >= 11 is 3.63. The summed E-state index contributed by atoms with van der Waals surface area (Å²) in [5.74, 6) is 1.99. The molecule has 0 spiro atoms. The number of hydrogen-bond donors (Lipinski definition) is 1. The van der Waals surface area contributed by atoms with Gasteiger partial charge in [-0.1, -0.05) is 56.3 Å². The van der Waals surface area contributed by atoms with Crippen molar-refractivity contribution >= 4 is 37.7 Å². The van der Waals surface area contributed by atoms with Crippen LogP contribution in [0.2, 0.25) is 0 Å². The minimum Gasteiger partial charge on any atom is -0.490 e. The first-order chi connectivity index (χ1) is 13.5. The molecule has 1 heterocycles.